The topological polar surface area (TPSA) is 73.6 Å². The first-order chi connectivity index (χ1) is 11.1. The van der Waals surface area contributed by atoms with Crippen LogP contribution in [0.4, 0.5) is 11.4 Å². The van der Waals surface area contributed by atoms with Gasteiger partial charge in [0.1, 0.15) is 6.61 Å². The number of para-hydroxylation sites is 1. The van der Waals surface area contributed by atoms with Gasteiger partial charge in [0.05, 0.1) is 28.8 Å². The van der Waals surface area contributed by atoms with Crippen molar-refractivity contribution >= 4 is 23.0 Å². The summed E-state index contributed by atoms with van der Waals surface area (Å²) in [6.45, 7) is 0.459. The highest BCUT2D eigenvalue weighted by Gasteiger charge is 2.23. The average molecular weight is 335 g/mol. The molecule has 1 heterocycles. The van der Waals surface area contributed by atoms with Crippen molar-refractivity contribution in [3.8, 4) is 11.5 Å². The lowest BCUT2D eigenvalue weighted by atomic mass is 10.0. The third-order valence-electron chi connectivity index (χ3n) is 3.70. The number of rotatable bonds is 4. The second-order valence-electron chi connectivity index (χ2n) is 5.23. The van der Waals surface area contributed by atoms with Crippen LogP contribution in [0.15, 0.2) is 36.4 Å². The van der Waals surface area contributed by atoms with Gasteiger partial charge in [0.2, 0.25) is 0 Å². The predicted octanol–water partition coefficient (Wildman–Crippen LogP) is 3.67. The molecular weight excluding hydrogens is 320 g/mol. The van der Waals surface area contributed by atoms with Crippen LogP contribution in [0.3, 0.4) is 0 Å². The minimum atomic E-state index is -0.470. The molecule has 23 heavy (non-hydrogen) atoms. The Kier molecular flexibility index (Phi) is 4.25. The number of nitrogens with zero attached hydrogens (tertiary/aromatic N) is 1. The van der Waals surface area contributed by atoms with E-state index in [2.05, 4.69) is 5.32 Å². The number of benzene rings is 2. The SMILES string of the molecule is COc1cccc2c1OCC(Nc1ccc([N+](=O)[O-])cc1Cl)C2. The number of methoxy groups -OCH3 is 1. The molecule has 0 saturated carbocycles. The van der Waals surface area contributed by atoms with Gasteiger partial charge in [0, 0.05) is 17.7 Å². The predicted molar refractivity (Wildman–Crippen MR) is 87.7 cm³/mol. The van der Waals surface area contributed by atoms with E-state index in [1.165, 1.54) is 12.1 Å². The summed E-state index contributed by atoms with van der Waals surface area (Å²) in [5, 5.41) is 14.3. The lowest BCUT2D eigenvalue weighted by Gasteiger charge is -2.28. The van der Waals surface area contributed by atoms with Crippen molar-refractivity contribution in [3.63, 3.8) is 0 Å². The van der Waals surface area contributed by atoms with Gasteiger partial charge in [0.15, 0.2) is 11.5 Å². The van der Waals surface area contributed by atoms with E-state index >= 15 is 0 Å². The number of nitro groups is 1. The molecule has 2 aromatic rings. The summed E-state index contributed by atoms with van der Waals surface area (Å²) in [5.74, 6) is 1.48. The van der Waals surface area contributed by atoms with E-state index in [1.54, 1.807) is 13.2 Å². The van der Waals surface area contributed by atoms with Gasteiger partial charge in [-0.05, 0) is 18.6 Å². The summed E-state index contributed by atoms with van der Waals surface area (Å²) in [4.78, 5) is 10.3. The molecule has 0 radical (unpaired) electrons. The van der Waals surface area contributed by atoms with Crippen LogP contribution < -0.4 is 14.8 Å². The zero-order valence-corrected chi connectivity index (χ0v) is 13.2. The second kappa shape index (κ2) is 6.34. The molecule has 0 spiro atoms. The van der Waals surface area contributed by atoms with E-state index in [0.717, 1.165) is 17.7 Å². The van der Waals surface area contributed by atoms with Crippen molar-refractivity contribution in [1.29, 1.82) is 0 Å². The molecule has 7 heteroatoms. The van der Waals surface area contributed by atoms with Gasteiger partial charge >= 0.3 is 0 Å². The summed E-state index contributed by atoms with van der Waals surface area (Å²) in [6.07, 6.45) is 0.750. The molecule has 0 amide bonds. The molecule has 1 unspecified atom stereocenters. The largest absolute Gasteiger partial charge is 0.493 e. The summed E-state index contributed by atoms with van der Waals surface area (Å²) in [7, 11) is 1.61. The number of non-ortho nitro benzene ring substituents is 1. The smallest absolute Gasteiger partial charge is 0.271 e. The molecule has 1 atom stereocenters. The first-order valence-electron chi connectivity index (χ1n) is 7.07. The Balaban J connectivity index is 1.76. The zero-order valence-electron chi connectivity index (χ0n) is 12.4. The highest BCUT2D eigenvalue weighted by molar-refractivity contribution is 6.33. The maximum atomic E-state index is 10.7. The zero-order chi connectivity index (χ0) is 16.4. The van der Waals surface area contributed by atoms with Crippen LogP contribution in [0.2, 0.25) is 5.02 Å². The molecule has 0 saturated heterocycles. The van der Waals surface area contributed by atoms with Crippen molar-refractivity contribution in [1.82, 2.24) is 0 Å². The van der Waals surface area contributed by atoms with Crippen LogP contribution >= 0.6 is 11.6 Å². The Morgan fingerprint density at radius 2 is 2.22 bits per heavy atom. The third kappa shape index (κ3) is 3.17. The van der Waals surface area contributed by atoms with E-state index in [0.29, 0.717) is 23.1 Å². The molecule has 120 valence electrons. The number of anilines is 1. The molecule has 2 aromatic carbocycles. The molecule has 0 aromatic heterocycles. The molecule has 0 bridgehead atoms. The van der Waals surface area contributed by atoms with E-state index < -0.39 is 4.92 Å². The van der Waals surface area contributed by atoms with Gasteiger partial charge < -0.3 is 14.8 Å². The molecular formula is C16H15ClN2O4. The fourth-order valence-corrected chi connectivity index (χ4v) is 2.83. The highest BCUT2D eigenvalue weighted by Crippen LogP contribution is 2.36. The van der Waals surface area contributed by atoms with Gasteiger partial charge in [0.25, 0.3) is 5.69 Å². The first-order valence-corrected chi connectivity index (χ1v) is 7.45. The van der Waals surface area contributed by atoms with Crippen LogP contribution in [0.1, 0.15) is 5.56 Å². The van der Waals surface area contributed by atoms with Crippen molar-refractivity contribution in [2.75, 3.05) is 19.0 Å². The highest BCUT2D eigenvalue weighted by atomic mass is 35.5. The maximum Gasteiger partial charge on any atom is 0.271 e. The Hall–Kier alpha value is -2.47. The van der Waals surface area contributed by atoms with Crippen molar-refractivity contribution < 1.29 is 14.4 Å². The minimum absolute atomic E-state index is 0.0218. The van der Waals surface area contributed by atoms with E-state index in [-0.39, 0.29) is 11.7 Å². The number of ether oxygens (including phenoxy) is 2. The van der Waals surface area contributed by atoms with Gasteiger partial charge in [-0.3, -0.25) is 10.1 Å². The molecule has 3 rings (SSSR count). The molecule has 6 nitrogen and oxygen atoms in total. The summed E-state index contributed by atoms with van der Waals surface area (Å²) in [6, 6.07) is 10.2. The average Bonchev–Trinajstić information content (AvgIpc) is 2.55. The maximum absolute atomic E-state index is 10.7. The number of nitro benzene ring substituents is 1. The Morgan fingerprint density at radius 1 is 1.39 bits per heavy atom. The number of fused-ring (bicyclic) bond motifs is 1. The third-order valence-corrected chi connectivity index (χ3v) is 4.01. The quantitative estimate of drug-likeness (QED) is 0.682. The van der Waals surface area contributed by atoms with Gasteiger partial charge in [-0.1, -0.05) is 23.7 Å². The summed E-state index contributed by atoms with van der Waals surface area (Å²) in [5.41, 5.74) is 1.67. The first kappa shape index (κ1) is 15.4. The number of hydrogen-bond acceptors (Lipinski definition) is 5. The second-order valence-corrected chi connectivity index (χ2v) is 5.63. The summed E-state index contributed by atoms with van der Waals surface area (Å²) >= 11 is 6.11. The van der Waals surface area contributed by atoms with Crippen LogP contribution in [0, 0.1) is 10.1 Å². The normalized spacial score (nSPS) is 16.2. The van der Waals surface area contributed by atoms with Crippen LogP contribution in [0.25, 0.3) is 0 Å². The van der Waals surface area contributed by atoms with E-state index in [1.807, 2.05) is 18.2 Å². The fourth-order valence-electron chi connectivity index (χ4n) is 2.60. The van der Waals surface area contributed by atoms with Crippen molar-refractivity contribution in [2.45, 2.75) is 12.5 Å². The molecule has 0 aliphatic carbocycles. The van der Waals surface area contributed by atoms with Gasteiger partial charge in [-0.15, -0.1) is 0 Å². The van der Waals surface area contributed by atoms with Crippen LogP contribution in [-0.2, 0) is 6.42 Å². The van der Waals surface area contributed by atoms with Crippen LogP contribution in [-0.4, -0.2) is 24.7 Å². The Morgan fingerprint density at radius 3 is 2.91 bits per heavy atom. The standard InChI is InChI=1S/C16H15ClN2O4/c1-22-15-4-2-3-10-7-11(9-23-16(10)15)18-14-6-5-12(19(20)21)8-13(14)17/h2-6,8,11,18H,7,9H2,1H3. The number of nitrogens with one attached hydrogen (secondary N) is 1. The van der Waals surface area contributed by atoms with E-state index in [9.17, 15) is 10.1 Å². The van der Waals surface area contributed by atoms with Crippen molar-refractivity contribution in [3.05, 3.63) is 57.1 Å². The Labute approximate surface area is 138 Å². The lowest BCUT2D eigenvalue weighted by molar-refractivity contribution is -0.384. The van der Waals surface area contributed by atoms with Crippen molar-refractivity contribution in [2.24, 2.45) is 0 Å². The molecule has 0 fully saturated rings. The minimum Gasteiger partial charge on any atom is -0.493 e. The lowest BCUT2D eigenvalue weighted by Crippen LogP contribution is -2.33. The molecule has 1 aliphatic rings. The van der Waals surface area contributed by atoms with E-state index in [4.69, 9.17) is 21.1 Å². The number of hydrogen-bond donors (Lipinski definition) is 1. The monoisotopic (exact) mass is 334 g/mol. The number of halogens is 1. The van der Waals surface area contributed by atoms with Gasteiger partial charge in [-0.25, -0.2) is 0 Å². The molecule has 1 aliphatic heterocycles. The van der Waals surface area contributed by atoms with Gasteiger partial charge in [-0.2, -0.15) is 0 Å². The Bertz CT molecular complexity index is 751. The molecule has 1 N–H and O–H groups in total. The fraction of sp³-hybridized carbons (Fsp3) is 0.250. The summed E-state index contributed by atoms with van der Waals surface area (Å²) < 4.78 is 11.1. The van der Waals surface area contributed by atoms with Crippen LogP contribution in [0.5, 0.6) is 11.5 Å².